The summed E-state index contributed by atoms with van der Waals surface area (Å²) < 4.78 is 1.74. The van der Waals surface area contributed by atoms with E-state index in [4.69, 9.17) is 4.98 Å². The molecule has 0 N–H and O–H groups in total. The van der Waals surface area contributed by atoms with Crippen LogP contribution in [-0.4, -0.2) is 9.55 Å². The van der Waals surface area contributed by atoms with Gasteiger partial charge in [0.25, 0.3) is 5.56 Å². The molecule has 0 amide bonds. The summed E-state index contributed by atoms with van der Waals surface area (Å²) in [6.07, 6.45) is 0. The van der Waals surface area contributed by atoms with Crippen molar-refractivity contribution >= 4 is 33.4 Å². The van der Waals surface area contributed by atoms with Gasteiger partial charge in [0, 0.05) is 5.75 Å². The van der Waals surface area contributed by atoms with Gasteiger partial charge < -0.3 is 0 Å². The molecule has 0 aliphatic heterocycles. The molecule has 0 saturated carbocycles. The van der Waals surface area contributed by atoms with E-state index >= 15 is 0 Å². The zero-order chi connectivity index (χ0) is 21.9. The minimum Gasteiger partial charge on any atom is -0.283 e. The monoisotopic (exact) mass is 433 g/mol. The van der Waals surface area contributed by atoms with Crippen LogP contribution < -0.4 is 5.56 Å². The Labute approximate surface area is 189 Å². The highest BCUT2D eigenvalue weighted by Crippen LogP contribution is 2.26. The summed E-state index contributed by atoms with van der Waals surface area (Å²) in [5.41, 5.74) is 3.24. The van der Waals surface area contributed by atoms with Crippen molar-refractivity contribution in [2.45, 2.75) is 17.5 Å². The van der Waals surface area contributed by atoms with Gasteiger partial charge in [-0.3, -0.25) is 9.36 Å². The van der Waals surface area contributed by atoms with Crippen molar-refractivity contribution in [3.63, 3.8) is 0 Å². The summed E-state index contributed by atoms with van der Waals surface area (Å²) in [5.74, 6) is 0.560. The molecule has 0 fully saturated rings. The predicted octanol–water partition coefficient (Wildman–Crippen LogP) is 5.76. The van der Waals surface area contributed by atoms with Gasteiger partial charge in [-0.25, -0.2) is 4.98 Å². The lowest BCUT2D eigenvalue weighted by atomic mass is 10.1. The highest BCUT2D eigenvalue weighted by molar-refractivity contribution is 7.98. The second-order valence-electron chi connectivity index (χ2n) is 7.55. The summed E-state index contributed by atoms with van der Waals surface area (Å²) in [7, 11) is 0. The standard InChI is InChI=1S/C27H19N3OS/c28-16-22-12-6-7-13-23(22)18-32-27-29-25-15-21-11-5-4-10-20(21)14-24(25)26(31)30(27)17-19-8-2-1-3-9-19/h1-15H,17-18H2. The Morgan fingerprint density at radius 2 is 1.56 bits per heavy atom. The maximum Gasteiger partial charge on any atom is 0.262 e. The molecule has 4 aromatic carbocycles. The van der Waals surface area contributed by atoms with Gasteiger partial charge in [-0.2, -0.15) is 5.26 Å². The van der Waals surface area contributed by atoms with Crippen molar-refractivity contribution in [1.29, 1.82) is 5.26 Å². The first kappa shape index (κ1) is 20.0. The molecular formula is C27H19N3OS. The van der Waals surface area contributed by atoms with Crippen molar-refractivity contribution in [2.24, 2.45) is 0 Å². The zero-order valence-corrected chi connectivity index (χ0v) is 18.0. The van der Waals surface area contributed by atoms with Crippen molar-refractivity contribution in [3.05, 3.63) is 118 Å². The average Bonchev–Trinajstić information content (AvgIpc) is 2.84. The normalized spacial score (nSPS) is 11.0. The number of aromatic nitrogens is 2. The van der Waals surface area contributed by atoms with Gasteiger partial charge in [0.15, 0.2) is 5.16 Å². The summed E-state index contributed by atoms with van der Waals surface area (Å²) >= 11 is 1.48. The van der Waals surface area contributed by atoms with Crippen molar-refractivity contribution < 1.29 is 0 Å². The molecule has 0 radical (unpaired) electrons. The Hall–Kier alpha value is -3.88. The fraction of sp³-hybridized carbons (Fsp3) is 0.0741. The molecule has 0 spiro atoms. The highest BCUT2D eigenvalue weighted by atomic mass is 32.2. The van der Waals surface area contributed by atoms with Crippen LogP contribution >= 0.6 is 11.8 Å². The van der Waals surface area contributed by atoms with Crippen molar-refractivity contribution in [3.8, 4) is 6.07 Å². The summed E-state index contributed by atoms with van der Waals surface area (Å²) in [5, 5.41) is 12.8. The first-order valence-electron chi connectivity index (χ1n) is 10.3. The molecule has 0 saturated heterocycles. The second kappa shape index (κ2) is 8.70. The van der Waals surface area contributed by atoms with Crippen LogP contribution in [0.15, 0.2) is 101 Å². The maximum absolute atomic E-state index is 13.6. The number of hydrogen-bond acceptors (Lipinski definition) is 4. The number of fused-ring (bicyclic) bond motifs is 2. The van der Waals surface area contributed by atoms with Crippen LogP contribution in [0.2, 0.25) is 0 Å². The summed E-state index contributed by atoms with van der Waals surface area (Å²) in [6.45, 7) is 0.442. The highest BCUT2D eigenvalue weighted by Gasteiger charge is 2.14. The topological polar surface area (TPSA) is 58.7 Å². The van der Waals surface area contributed by atoms with E-state index in [9.17, 15) is 10.1 Å². The van der Waals surface area contributed by atoms with E-state index in [-0.39, 0.29) is 5.56 Å². The van der Waals surface area contributed by atoms with Gasteiger partial charge in [-0.1, -0.05) is 84.6 Å². The summed E-state index contributed by atoms with van der Waals surface area (Å²) in [4.78, 5) is 18.5. The Morgan fingerprint density at radius 3 is 2.34 bits per heavy atom. The fourth-order valence-corrected chi connectivity index (χ4v) is 4.80. The third kappa shape index (κ3) is 3.89. The van der Waals surface area contributed by atoms with E-state index in [0.717, 1.165) is 21.9 Å². The lowest BCUT2D eigenvalue weighted by molar-refractivity contribution is 0.658. The predicted molar refractivity (Wildman–Crippen MR) is 130 cm³/mol. The molecule has 0 aliphatic carbocycles. The molecular weight excluding hydrogens is 414 g/mol. The summed E-state index contributed by atoms with van der Waals surface area (Å²) in [6, 6.07) is 31.6. The molecule has 4 nitrogen and oxygen atoms in total. The molecule has 0 atom stereocenters. The fourth-order valence-electron chi connectivity index (χ4n) is 3.80. The van der Waals surface area contributed by atoms with Gasteiger partial charge in [0.05, 0.1) is 29.1 Å². The number of benzene rings is 4. The maximum atomic E-state index is 13.6. The SMILES string of the molecule is N#Cc1ccccc1CSc1nc2cc3ccccc3cc2c(=O)n1Cc1ccccc1. The van der Waals surface area contributed by atoms with Crippen molar-refractivity contribution in [2.75, 3.05) is 0 Å². The molecule has 1 heterocycles. The smallest absolute Gasteiger partial charge is 0.262 e. The van der Waals surface area contributed by atoms with Gasteiger partial charge in [-0.05, 0) is 40.1 Å². The number of nitrogens with zero attached hydrogens (tertiary/aromatic N) is 3. The first-order valence-corrected chi connectivity index (χ1v) is 11.3. The molecule has 0 unspecified atom stereocenters. The molecule has 0 bridgehead atoms. The van der Waals surface area contributed by atoms with Crippen molar-refractivity contribution in [1.82, 2.24) is 9.55 Å². The van der Waals surface area contributed by atoms with E-state index in [2.05, 4.69) is 6.07 Å². The van der Waals surface area contributed by atoms with Gasteiger partial charge in [-0.15, -0.1) is 0 Å². The van der Waals surface area contributed by atoms with Crippen LogP contribution in [0.3, 0.4) is 0 Å². The molecule has 5 rings (SSSR count). The van der Waals surface area contributed by atoms with Gasteiger partial charge in [0.1, 0.15) is 0 Å². The third-order valence-electron chi connectivity index (χ3n) is 5.46. The van der Waals surface area contributed by atoms with E-state index in [0.29, 0.717) is 33.9 Å². The van der Waals surface area contributed by atoms with Crippen LogP contribution in [0.4, 0.5) is 0 Å². The van der Waals surface area contributed by atoms with Crippen LogP contribution in [0.25, 0.3) is 21.7 Å². The Bertz CT molecular complexity index is 1530. The number of nitriles is 1. The van der Waals surface area contributed by atoms with Gasteiger partial charge >= 0.3 is 0 Å². The van der Waals surface area contributed by atoms with Crippen LogP contribution in [-0.2, 0) is 12.3 Å². The molecule has 154 valence electrons. The zero-order valence-electron chi connectivity index (χ0n) is 17.2. The minimum absolute atomic E-state index is 0.0549. The Balaban J connectivity index is 1.64. The minimum atomic E-state index is -0.0549. The second-order valence-corrected chi connectivity index (χ2v) is 8.49. The Kier molecular flexibility index (Phi) is 5.45. The molecule has 5 aromatic rings. The molecule has 0 aliphatic rings. The molecule has 1 aromatic heterocycles. The number of rotatable bonds is 5. The van der Waals surface area contributed by atoms with E-state index < -0.39 is 0 Å². The van der Waals surface area contributed by atoms with E-state index in [1.807, 2.05) is 91.0 Å². The Morgan fingerprint density at radius 1 is 0.875 bits per heavy atom. The first-order chi connectivity index (χ1) is 15.7. The quantitative estimate of drug-likeness (QED) is 0.201. The number of hydrogen-bond donors (Lipinski definition) is 0. The van der Waals surface area contributed by atoms with Crippen LogP contribution in [0.1, 0.15) is 16.7 Å². The van der Waals surface area contributed by atoms with Crippen LogP contribution in [0, 0.1) is 11.3 Å². The lowest BCUT2D eigenvalue weighted by Gasteiger charge is -2.14. The molecule has 32 heavy (non-hydrogen) atoms. The van der Waals surface area contributed by atoms with E-state index in [1.54, 1.807) is 4.57 Å². The average molecular weight is 434 g/mol. The third-order valence-corrected chi connectivity index (χ3v) is 6.49. The van der Waals surface area contributed by atoms with Crippen LogP contribution in [0.5, 0.6) is 0 Å². The largest absolute Gasteiger partial charge is 0.283 e. The lowest BCUT2D eigenvalue weighted by Crippen LogP contribution is -2.24. The van der Waals surface area contributed by atoms with E-state index in [1.165, 1.54) is 11.8 Å². The number of thioether (sulfide) groups is 1. The van der Waals surface area contributed by atoms with Gasteiger partial charge in [0.2, 0.25) is 0 Å². The molecule has 5 heteroatoms.